The van der Waals surface area contributed by atoms with E-state index in [1.807, 2.05) is 19.1 Å². The number of nitrogens with two attached hydrogens (primary N) is 1. The number of hydrogen-bond donors (Lipinski definition) is 2. The highest BCUT2D eigenvalue weighted by atomic mass is 79.9. The topological polar surface area (TPSA) is 98.8 Å². The lowest BCUT2D eigenvalue weighted by Crippen LogP contribution is -2.37. The maximum atomic E-state index is 12.1. The summed E-state index contributed by atoms with van der Waals surface area (Å²) in [5.41, 5.74) is 6.60. The predicted octanol–water partition coefficient (Wildman–Crippen LogP) is 3.82. The summed E-state index contributed by atoms with van der Waals surface area (Å²) in [7, 11) is 0. The molecule has 0 spiro atoms. The number of carbonyl (C=O) groups is 1. The van der Waals surface area contributed by atoms with Crippen LogP contribution in [0.5, 0.6) is 5.88 Å². The number of pyridine rings is 1. The van der Waals surface area contributed by atoms with Crippen molar-refractivity contribution in [1.29, 1.82) is 0 Å². The molecule has 9 heteroatoms. The monoisotopic (exact) mass is 482 g/mol. The number of nitrogens with one attached hydrogen (secondary N) is 1. The predicted molar refractivity (Wildman–Crippen MR) is 106 cm³/mol. The number of anilines is 1. The molecule has 1 aliphatic heterocycles. The summed E-state index contributed by atoms with van der Waals surface area (Å²) >= 11 is 6.73. The first-order valence-corrected chi connectivity index (χ1v) is 9.26. The molecule has 2 heterocycles. The average Bonchev–Trinajstić information content (AvgIpc) is 2.56. The Labute approximate surface area is 167 Å². The quantitative estimate of drug-likeness (QED) is 0.691. The molecule has 1 aromatic carbocycles. The summed E-state index contributed by atoms with van der Waals surface area (Å²) in [6.45, 7) is 2.65. The number of hydrogen-bond acceptors (Lipinski definition) is 6. The molecule has 1 aliphatic rings. The van der Waals surface area contributed by atoms with E-state index < -0.39 is 11.6 Å². The van der Waals surface area contributed by atoms with Gasteiger partial charge < -0.3 is 15.2 Å². The zero-order chi connectivity index (χ0) is 18.7. The van der Waals surface area contributed by atoms with Gasteiger partial charge in [0.1, 0.15) is 18.0 Å². The number of rotatable bonds is 3. The molecule has 0 aliphatic carbocycles. The van der Waals surface area contributed by atoms with E-state index in [9.17, 15) is 4.79 Å². The fraction of sp³-hybridized carbons (Fsp3) is 0.235. The van der Waals surface area contributed by atoms with Crippen molar-refractivity contribution in [3.8, 4) is 5.88 Å². The van der Waals surface area contributed by atoms with Crippen LogP contribution in [0.15, 0.2) is 50.5 Å². The molecular weight excluding hydrogens is 468 g/mol. The Morgan fingerprint density at radius 3 is 2.81 bits per heavy atom. The standard InChI is InChI=1S/C17H16Br2N4O3/c1-17(9-25-8-14(20)23-17)10-4-12(19)6-13(5-10)22-16(24)26-15-3-2-11(18)7-21-15/h2-7H,8-9H2,1H3,(H2,20,23)(H,22,24)/t17-/m0/s1. The molecular formula is C17H16Br2N4O3. The van der Waals surface area contributed by atoms with Gasteiger partial charge in [0.05, 0.1) is 6.61 Å². The third-order valence-corrected chi connectivity index (χ3v) is 4.61. The number of amidine groups is 1. The molecule has 0 unspecified atom stereocenters. The number of halogens is 2. The van der Waals surface area contributed by atoms with Crippen molar-refractivity contribution in [2.75, 3.05) is 18.5 Å². The number of aliphatic imine (C=N–C) groups is 1. The first-order valence-electron chi connectivity index (χ1n) is 7.67. The van der Waals surface area contributed by atoms with Crippen LogP contribution < -0.4 is 15.8 Å². The zero-order valence-corrected chi connectivity index (χ0v) is 17.0. The maximum Gasteiger partial charge on any atom is 0.418 e. The van der Waals surface area contributed by atoms with Crippen LogP contribution in [-0.4, -0.2) is 30.1 Å². The van der Waals surface area contributed by atoms with E-state index in [2.05, 4.69) is 47.2 Å². The fourth-order valence-corrected chi connectivity index (χ4v) is 3.25. The first kappa shape index (κ1) is 18.8. The molecule has 0 saturated heterocycles. The lowest BCUT2D eigenvalue weighted by molar-refractivity contribution is 0.106. The van der Waals surface area contributed by atoms with Crippen LogP contribution in [0.4, 0.5) is 10.5 Å². The Morgan fingerprint density at radius 1 is 1.31 bits per heavy atom. The number of carbonyl (C=O) groups excluding carboxylic acids is 1. The Hall–Kier alpha value is -1.97. The van der Waals surface area contributed by atoms with E-state index in [4.69, 9.17) is 15.2 Å². The van der Waals surface area contributed by atoms with Gasteiger partial charge in [-0.05, 0) is 52.7 Å². The van der Waals surface area contributed by atoms with Gasteiger partial charge in [-0.2, -0.15) is 0 Å². The minimum Gasteiger partial charge on any atom is -0.391 e. The first-order chi connectivity index (χ1) is 12.3. The third-order valence-electron chi connectivity index (χ3n) is 3.69. The lowest BCUT2D eigenvalue weighted by Gasteiger charge is -2.30. The van der Waals surface area contributed by atoms with Gasteiger partial charge in [0.15, 0.2) is 0 Å². The molecule has 1 atom stereocenters. The summed E-state index contributed by atoms with van der Waals surface area (Å²) in [4.78, 5) is 20.6. The van der Waals surface area contributed by atoms with Gasteiger partial charge in [-0.15, -0.1) is 0 Å². The molecule has 7 nitrogen and oxygen atoms in total. The minimum absolute atomic E-state index is 0.200. The van der Waals surface area contributed by atoms with Gasteiger partial charge in [-0.25, -0.2) is 9.78 Å². The Kier molecular flexibility index (Phi) is 5.59. The summed E-state index contributed by atoms with van der Waals surface area (Å²) < 4.78 is 12.3. The van der Waals surface area contributed by atoms with Crippen LogP contribution >= 0.6 is 31.9 Å². The number of aromatic nitrogens is 1. The van der Waals surface area contributed by atoms with Crippen LogP contribution in [-0.2, 0) is 10.3 Å². The molecule has 26 heavy (non-hydrogen) atoms. The highest BCUT2D eigenvalue weighted by Crippen LogP contribution is 2.32. The van der Waals surface area contributed by atoms with Crippen LogP contribution in [0.25, 0.3) is 0 Å². The highest BCUT2D eigenvalue weighted by Gasteiger charge is 2.30. The number of nitrogens with zero attached hydrogens (tertiary/aromatic N) is 2. The van der Waals surface area contributed by atoms with E-state index in [0.717, 1.165) is 14.5 Å². The van der Waals surface area contributed by atoms with Crippen LogP contribution in [0.1, 0.15) is 12.5 Å². The van der Waals surface area contributed by atoms with Gasteiger partial charge in [0, 0.05) is 26.9 Å². The van der Waals surface area contributed by atoms with Crippen molar-refractivity contribution in [1.82, 2.24) is 4.98 Å². The average molecular weight is 484 g/mol. The molecule has 136 valence electrons. The fourth-order valence-electron chi connectivity index (χ4n) is 2.52. The Bertz CT molecular complexity index is 858. The molecule has 1 aromatic heterocycles. The molecule has 3 N–H and O–H groups in total. The van der Waals surface area contributed by atoms with Crippen molar-refractivity contribution >= 4 is 49.5 Å². The SMILES string of the molecule is C[C@@]1(c2cc(Br)cc(NC(=O)Oc3ccc(Br)cn3)c2)COCC(N)=N1. The molecule has 0 bridgehead atoms. The Morgan fingerprint density at radius 2 is 2.12 bits per heavy atom. The zero-order valence-electron chi connectivity index (χ0n) is 13.8. The van der Waals surface area contributed by atoms with Crippen molar-refractivity contribution in [2.24, 2.45) is 10.7 Å². The minimum atomic E-state index is -0.642. The summed E-state index contributed by atoms with van der Waals surface area (Å²) in [6, 6.07) is 8.82. The highest BCUT2D eigenvalue weighted by molar-refractivity contribution is 9.10. The van der Waals surface area contributed by atoms with Crippen molar-refractivity contribution in [3.63, 3.8) is 0 Å². The second kappa shape index (κ2) is 7.73. The lowest BCUT2D eigenvalue weighted by atomic mass is 9.92. The van der Waals surface area contributed by atoms with Crippen LogP contribution in [0.2, 0.25) is 0 Å². The van der Waals surface area contributed by atoms with Crippen molar-refractivity contribution in [2.45, 2.75) is 12.5 Å². The van der Waals surface area contributed by atoms with Gasteiger partial charge in [0.25, 0.3) is 0 Å². The van der Waals surface area contributed by atoms with Gasteiger partial charge in [0.2, 0.25) is 5.88 Å². The van der Waals surface area contributed by atoms with Crippen molar-refractivity contribution in [3.05, 3.63) is 51.0 Å². The molecule has 2 aromatic rings. The number of ether oxygens (including phenoxy) is 2. The number of amides is 1. The second-order valence-corrected chi connectivity index (χ2v) is 7.76. The Balaban J connectivity index is 1.78. The van der Waals surface area contributed by atoms with E-state index in [1.54, 1.807) is 24.4 Å². The largest absolute Gasteiger partial charge is 0.418 e. The number of benzene rings is 1. The maximum absolute atomic E-state index is 12.1. The summed E-state index contributed by atoms with van der Waals surface area (Å²) in [5, 5.41) is 2.69. The van der Waals surface area contributed by atoms with Crippen LogP contribution in [0, 0.1) is 0 Å². The molecule has 3 rings (SSSR count). The molecule has 0 fully saturated rings. The molecule has 0 radical (unpaired) electrons. The summed E-state index contributed by atoms with van der Waals surface area (Å²) in [5.74, 6) is 0.639. The molecule has 1 amide bonds. The van der Waals surface area contributed by atoms with E-state index >= 15 is 0 Å². The van der Waals surface area contributed by atoms with Gasteiger partial charge in [-0.1, -0.05) is 15.9 Å². The van der Waals surface area contributed by atoms with Gasteiger partial charge in [-0.3, -0.25) is 10.3 Å². The van der Waals surface area contributed by atoms with Crippen molar-refractivity contribution < 1.29 is 14.3 Å². The smallest absolute Gasteiger partial charge is 0.391 e. The van der Waals surface area contributed by atoms with E-state index in [-0.39, 0.29) is 5.88 Å². The normalized spacial score (nSPS) is 19.6. The third kappa shape index (κ3) is 4.60. The second-order valence-electron chi connectivity index (χ2n) is 5.93. The van der Waals surface area contributed by atoms with Gasteiger partial charge >= 0.3 is 6.09 Å². The van der Waals surface area contributed by atoms with Crippen LogP contribution in [0.3, 0.4) is 0 Å². The van der Waals surface area contributed by atoms with E-state index in [0.29, 0.717) is 24.7 Å². The summed E-state index contributed by atoms with van der Waals surface area (Å²) in [6.07, 6.45) is 0.906. The van der Waals surface area contributed by atoms with E-state index in [1.165, 1.54) is 0 Å². The molecule has 0 saturated carbocycles.